The zero-order valence-corrected chi connectivity index (χ0v) is 13.8. The fraction of sp³-hybridized carbons (Fsp3) is 0.167. The average molecular weight is 339 g/mol. The summed E-state index contributed by atoms with van der Waals surface area (Å²) in [4.78, 5) is 27.6. The SMILES string of the molecule is CCOc1ccc(C(=O)Nc2nc3ccc(NC(C)=O)cc3o2)cc1. The first-order valence-corrected chi connectivity index (χ1v) is 7.77. The van der Waals surface area contributed by atoms with Crippen LogP contribution in [0.3, 0.4) is 0 Å². The molecule has 1 heterocycles. The third kappa shape index (κ3) is 3.95. The van der Waals surface area contributed by atoms with Crippen LogP contribution in [0.25, 0.3) is 11.1 Å². The second kappa shape index (κ2) is 7.04. The van der Waals surface area contributed by atoms with Crippen LogP contribution in [0, 0.1) is 0 Å². The van der Waals surface area contributed by atoms with Gasteiger partial charge in [-0.15, -0.1) is 0 Å². The number of ether oxygens (including phenoxy) is 1. The molecule has 2 amide bonds. The molecule has 3 aromatic rings. The molecule has 0 saturated carbocycles. The van der Waals surface area contributed by atoms with E-state index in [1.54, 1.807) is 42.5 Å². The van der Waals surface area contributed by atoms with Gasteiger partial charge in [-0.25, -0.2) is 0 Å². The number of oxazole rings is 1. The van der Waals surface area contributed by atoms with Gasteiger partial charge in [-0.3, -0.25) is 14.9 Å². The Kier molecular flexibility index (Phi) is 4.65. The molecule has 0 spiro atoms. The summed E-state index contributed by atoms with van der Waals surface area (Å²) in [6.07, 6.45) is 0. The van der Waals surface area contributed by atoms with Gasteiger partial charge in [0.05, 0.1) is 6.61 Å². The highest BCUT2D eigenvalue weighted by Crippen LogP contribution is 2.23. The number of rotatable bonds is 5. The number of hydrogen-bond acceptors (Lipinski definition) is 5. The second-order valence-electron chi connectivity index (χ2n) is 5.29. The fourth-order valence-electron chi connectivity index (χ4n) is 2.30. The normalized spacial score (nSPS) is 10.5. The highest BCUT2D eigenvalue weighted by Gasteiger charge is 2.12. The molecule has 3 rings (SSSR count). The maximum absolute atomic E-state index is 12.3. The summed E-state index contributed by atoms with van der Waals surface area (Å²) in [6.45, 7) is 3.88. The second-order valence-corrected chi connectivity index (χ2v) is 5.29. The molecule has 0 aliphatic heterocycles. The van der Waals surface area contributed by atoms with Gasteiger partial charge in [0, 0.05) is 24.2 Å². The minimum atomic E-state index is -0.336. The number of hydrogen-bond donors (Lipinski definition) is 2. The van der Waals surface area contributed by atoms with Crippen molar-refractivity contribution in [1.29, 1.82) is 0 Å². The van der Waals surface area contributed by atoms with E-state index < -0.39 is 0 Å². The quantitative estimate of drug-likeness (QED) is 0.743. The molecule has 0 fully saturated rings. The van der Waals surface area contributed by atoms with Crippen LogP contribution in [0.1, 0.15) is 24.2 Å². The molecule has 7 nitrogen and oxygen atoms in total. The fourth-order valence-corrected chi connectivity index (χ4v) is 2.30. The van der Waals surface area contributed by atoms with Crippen LogP contribution >= 0.6 is 0 Å². The van der Waals surface area contributed by atoms with Crippen molar-refractivity contribution in [3.63, 3.8) is 0 Å². The Balaban J connectivity index is 1.75. The lowest BCUT2D eigenvalue weighted by atomic mass is 10.2. The molecule has 2 aromatic carbocycles. The lowest BCUT2D eigenvalue weighted by molar-refractivity contribution is -0.114. The van der Waals surface area contributed by atoms with Crippen LogP contribution in [0.15, 0.2) is 46.9 Å². The van der Waals surface area contributed by atoms with Crippen molar-refractivity contribution in [1.82, 2.24) is 4.98 Å². The van der Waals surface area contributed by atoms with Gasteiger partial charge in [0.1, 0.15) is 11.3 Å². The van der Waals surface area contributed by atoms with E-state index in [-0.39, 0.29) is 17.8 Å². The molecule has 0 aliphatic carbocycles. The van der Waals surface area contributed by atoms with E-state index in [9.17, 15) is 9.59 Å². The molecule has 0 unspecified atom stereocenters. The zero-order valence-electron chi connectivity index (χ0n) is 13.8. The van der Waals surface area contributed by atoms with Gasteiger partial charge in [-0.1, -0.05) is 0 Å². The first-order chi connectivity index (χ1) is 12.0. The molecule has 0 radical (unpaired) electrons. The number of nitrogens with zero attached hydrogens (tertiary/aromatic N) is 1. The molecule has 1 aromatic heterocycles. The average Bonchev–Trinajstić information content (AvgIpc) is 2.96. The Morgan fingerprint density at radius 2 is 1.88 bits per heavy atom. The van der Waals surface area contributed by atoms with E-state index >= 15 is 0 Å². The number of nitrogens with one attached hydrogen (secondary N) is 2. The molecule has 2 N–H and O–H groups in total. The predicted octanol–water partition coefficient (Wildman–Crippen LogP) is 3.44. The van der Waals surface area contributed by atoms with E-state index in [0.717, 1.165) is 0 Å². The van der Waals surface area contributed by atoms with Gasteiger partial charge in [0.15, 0.2) is 5.58 Å². The maximum atomic E-state index is 12.3. The summed E-state index contributed by atoms with van der Waals surface area (Å²) in [5.74, 6) is 0.186. The molecule has 0 bridgehead atoms. The summed E-state index contributed by atoms with van der Waals surface area (Å²) in [5, 5.41) is 5.28. The van der Waals surface area contributed by atoms with Gasteiger partial charge in [0.25, 0.3) is 5.91 Å². The van der Waals surface area contributed by atoms with Gasteiger partial charge >= 0.3 is 6.01 Å². The largest absolute Gasteiger partial charge is 0.494 e. The topological polar surface area (TPSA) is 93.5 Å². The smallest absolute Gasteiger partial charge is 0.302 e. The summed E-state index contributed by atoms with van der Waals surface area (Å²) in [7, 11) is 0. The van der Waals surface area contributed by atoms with Crippen LogP contribution in [0.4, 0.5) is 11.7 Å². The molecule has 25 heavy (non-hydrogen) atoms. The molecule has 7 heteroatoms. The summed E-state index contributed by atoms with van der Waals surface area (Å²) in [6, 6.07) is 11.9. The van der Waals surface area contributed by atoms with Gasteiger partial charge in [-0.05, 0) is 43.3 Å². The Morgan fingerprint density at radius 1 is 1.12 bits per heavy atom. The molecule has 0 aliphatic rings. The molecule has 0 saturated heterocycles. The number of benzene rings is 2. The number of amides is 2. The molecule has 128 valence electrons. The third-order valence-corrected chi connectivity index (χ3v) is 3.36. The molecular weight excluding hydrogens is 322 g/mol. The van der Waals surface area contributed by atoms with Gasteiger partial charge < -0.3 is 14.5 Å². The summed E-state index contributed by atoms with van der Waals surface area (Å²) in [5.41, 5.74) is 2.11. The number of carbonyl (C=O) groups excluding carboxylic acids is 2. The highest BCUT2D eigenvalue weighted by atomic mass is 16.5. The third-order valence-electron chi connectivity index (χ3n) is 3.36. The van der Waals surface area contributed by atoms with E-state index in [1.807, 2.05) is 6.92 Å². The van der Waals surface area contributed by atoms with E-state index in [4.69, 9.17) is 9.15 Å². The van der Waals surface area contributed by atoms with Crippen molar-refractivity contribution in [2.75, 3.05) is 17.2 Å². The van der Waals surface area contributed by atoms with Crippen LogP contribution < -0.4 is 15.4 Å². The predicted molar refractivity (Wildman–Crippen MR) is 93.9 cm³/mol. The summed E-state index contributed by atoms with van der Waals surface area (Å²) >= 11 is 0. The monoisotopic (exact) mass is 339 g/mol. The van der Waals surface area contributed by atoms with Crippen molar-refractivity contribution >= 4 is 34.6 Å². The number of anilines is 2. The number of fused-ring (bicyclic) bond motifs is 1. The minimum absolute atomic E-state index is 0.0915. The van der Waals surface area contributed by atoms with Crippen molar-refractivity contribution in [2.24, 2.45) is 0 Å². The molecule has 0 atom stereocenters. The molecular formula is C18H17N3O4. The van der Waals surface area contributed by atoms with Crippen LogP contribution in [-0.2, 0) is 4.79 Å². The lowest BCUT2D eigenvalue weighted by Gasteiger charge is -2.04. The van der Waals surface area contributed by atoms with Crippen LogP contribution in [0.5, 0.6) is 5.75 Å². The van der Waals surface area contributed by atoms with Gasteiger partial charge in [0.2, 0.25) is 5.91 Å². The summed E-state index contributed by atoms with van der Waals surface area (Å²) < 4.78 is 10.9. The van der Waals surface area contributed by atoms with Crippen molar-refractivity contribution in [2.45, 2.75) is 13.8 Å². The van der Waals surface area contributed by atoms with Crippen LogP contribution in [0.2, 0.25) is 0 Å². The van der Waals surface area contributed by atoms with E-state index in [0.29, 0.717) is 34.7 Å². The van der Waals surface area contributed by atoms with E-state index in [2.05, 4.69) is 15.6 Å². The van der Waals surface area contributed by atoms with Crippen molar-refractivity contribution < 1.29 is 18.7 Å². The Labute approximate surface area is 144 Å². The van der Waals surface area contributed by atoms with Gasteiger partial charge in [-0.2, -0.15) is 4.98 Å². The number of aromatic nitrogens is 1. The van der Waals surface area contributed by atoms with Crippen molar-refractivity contribution in [3.8, 4) is 5.75 Å². The zero-order chi connectivity index (χ0) is 17.8. The minimum Gasteiger partial charge on any atom is -0.494 e. The van der Waals surface area contributed by atoms with Crippen LogP contribution in [-0.4, -0.2) is 23.4 Å². The standard InChI is InChI=1S/C18H17N3O4/c1-3-24-14-7-4-12(5-8-14)17(23)21-18-20-15-9-6-13(19-11(2)22)10-16(15)25-18/h4-10H,3H2,1-2H3,(H,19,22)(H,20,21,23). The number of carbonyl (C=O) groups is 2. The van der Waals surface area contributed by atoms with Crippen molar-refractivity contribution in [3.05, 3.63) is 48.0 Å². The van der Waals surface area contributed by atoms with E-state index in [1.165, 1.54) is 6.92 Å². The maximum Gasteiger partial charge on any atom is 0.302 e. The Bertz CT molecular complexity index is 916. The Hall–Kier alpha value is -3.35. The lowest BCUT2D eigenvalue weighted by Crippen LogP contribution is -2.11. The highest BCUT2D eigenvalue weighted by molar-refractivity contribution is 6.03. The Morgan fingerprint density at radius 3 is 2.56 bits per heavy atom. The first kappa shape index (κ1) is 16.5. The first-order valence-electron chi connectivity index (χ1n) is 7.77.